The number of hydrogen-bond acceptors (Lipinski definition) is 3. The maximum atomic E-state index is 12.7. The summed E-state index contributed by atoms with van der Waals surface area (Å²) in [6.07, 6.45) is -3.05. The van der Waals surface area contributed by atoms with Crippen molar-refractivity contribution in [2.24, 2.45) is 17.6 Å². The highest BCUT2D eigenvalue weighted by molar-refractivity contribution is 5.91. The predicted octanol–water partition coefficient (Wildman–Crippen LogP) is 2.11. The molecule has 1 aliphatic heterocycles. The van der Waals surface area contributed by atoms with E-state index in [4.69, 9.17) is 5.73 Å². The Bertz CT molecular complexity index is 526. The van der Waals surface area contributed by atoms with Crippen LogP contribution in [0.25, 0.3) is 0 Å². The van der Waals surface area contributed by atoms with Crippen LogP contribution >= 0.6 is 0 Å². The zero-order chi connectivity index (χ0) is 14.5. The third-order valence-electron chi connectivity index (χ3n) is 4.36. The zero-order valence-corrected chi connectivity index (χ0v) is 10.7. The van der Waals surface area contributed by atoms with Crippen molar-refractivity contribution in [1.29, 1.82) is 0 Å². The number of halogens is 3. The highest BCUT2D eigenvalue weighted by Gasteiger charge is 2.42. The summed E-state index contributed by atoms with van der Waals surface area (Å²) in [4.78, 5) is 11.3. The first kappa shape index (κ1) is 13.5. The van der Waals surface area contributed by atoms with Crippen LogP contribution in [0.5, 0.6) is 0 Å². The Morgan fingerprint density at radius 1 is 1.30 bits per heavy atom. The van der Waals surface area contributed by atoms with Crippen LogP contribution in [0.1, 0.15) is 40.6 Å². The van der Waals surface area contributed by atoms with Gasteiger partial charge in [-0.15, -0.1) is 0 Å². The summed E-state index contributed by atoms with van der Waals surface area (Å²) in [6.45, 7) is 1.77. The van der Waals surface area contributed by atoms with E-state index in [1.807, 2.05) is 0 Å². The number of carbonyl (C=O) groups is 1. The molecular weight excluding hydrogens is 273 g/mol. The molecule has 110 valence electrons. The van der Waals surface area contributed by atoms with E-state index in [9.17, 15) is 18.0 Å². The molecule has 0 spiro atoms. The Morgan fingerprint density at radius 2 is 1.90 bits per heavy atom. The summed E-state index contributed by atoms with van der Waals surface area (Å²) in [5, 5.41) is 3.27. The van der Waals surface area contributed by atoms with Gasteiger partial charge in [-0.2, -0.15) is 13.2 Å². The molecule has 0 aromatic carbocycles. The minimum Gasteiger partial charge on any atom is -0.446 e. The van der Waals surface area contributed by atoms with Gasteiger partial charge in [-0.25, -0.2) is 0 Å². The van der Waals surface area contributed by atoms with Gasteiger partial charge in [0.25, 0.3) is 5.91 Å². The number of nitrogens with one attached hydrogen (secondary N) is 1. The van der Waals surface area contributed by atoms with E-state index in [1.165, 1.54) is 0 Å². The number of nitrogens with two attached hydrogens (primary N) is 1. The lowest BCUT2D eigenvalue weighted by Gasteiger charge is -2.10. The van der Waals surface area contributed by atoms with E-state index in [1.54, 1.807) is 0 Å². The first-order valence-electron chi connectivity index (χ1n) is 6.57. The standard InChI is InChI=1S/C13H15F3N2O2/c14-13(15,16)10-3-9(11(20-10)12(17)19)6-1-7-4-18-5-8(7)2-6/h3,6-8,18H,1-2,4-5H2,(H2,17,19). The molecule has 2 unspecified atom stereocenters. The molecule has 1 aromatic rings. The third kappa shape index (κ3) is 2.19. The Hall–Kier alpha value is -1.50. The lowest BCUT2D eigenvalue weighted by atomic mass is 9.95. The van der Waals surface area contributed by atoms with E-state index in [0.717, 1.165) is 32.0 Å². The van der Waals surface area contributed by atoms with E-state index < -0.39 is 17.8 Å². The number of primary amides is 1. The fourth-order valence-electron chi connectivity index (χ4n) is 3.46. The number of furan rings is 1. The quantitative estimate of drug-likeness (QED) is 0.875. The van der Waals surface area contributed by atoms with Gasteiger partial charge in [0.1, 0.15) is 0 Å². The van der Waals surface area contributed by atoms with E-state index in [0.29, 0.717) is 17.4 Å². The molecule has 1 saturated carbocycles. The highest BCUT2D eigenvalue weighted by Crippen LogP contribution is 2.46. The molecule has 0 bridgehead atoms. The monoisotopic (exact) mass is 288 g/mol. The molecular formula is C13H15F3N2O2. The summed E-state index contributed by atoms with van der Waals surface area (Å²) < 4.78 is 42.8. The van der Waals surface area contributed by atoms with Crippen LogP contribution < -0.4 is 11.1 Å². The van der Waals surface area contributed by atoms with Crippen molar-refractivity contribution < 1.29 is 22.4 Å². The normalized spacial score (nSPS) is 29.6. The van der Waals surface area contributed by atoms with Gasteiger partial charge >= 0.3 is 6.18 Å². The van der Waals surface area contributed by atoms with Gasteiger partial charge in [0, 0.05) is 5.56 Å². The second-order valence-electron chi connectivity index (χ2n) is 5.60. The van der Waals surface area contributed by atoms with Crippen LogP contribution in [0, 0.1) is 11.8 Å². The Balaban J connectivity index is 1.92. The molecule has 4 nitrogen and oxygen atoms in total. The Kier molecular flexibility index (Phi) is 3.04. The van der Waals surface area contributed by atoms with Crippen LogP contribution in [-0.2, 0) is 6.18 Å². The second-order valence-corrected chi connectivity index (χ2v) is 5.60. The van der Waals surface area contributed by atoms with Gasteiger partial charge < -0.3 is 15.5 Å². The molecule has 2 fully saturated rings. The lowest BCUT2D eigenvalue weighted by molar-refractivity contribution is -0.153. The molecule has 1 amide bonds. The fraction of sp³-hybridized carbons (Fsp3) is 0.615. The van der Waals surface area contributed by atoms with Crippen LogP contribution in [0.2, 0.25) is 0 Å². The van der Waals surface area contributed by atoms with Crippen molar-refractivity contribution >= 4 is 5.91 Å². The third-order valence-corrected chi connectivity index (χ3v) is 4.36. The Labute approximate surface area is 113 Å². The summed E-state index contributed by atoms with van der Waals surface area (Å²) in [6, 6.07) is 0.944. The molecule has 2 atom stereocenters. The van der Waals surface area contributed by atoms with E-state index in [-0.39, 0.29) is 11.7 Å². The summed E-state index contributed by atoms with van der Waals surface area (Å²) in [7, 11) is 0. The molecule has 2 aliphatic rings. The highest BCUT2D eigenvalue weighted by atomic mass is 19.4. The first-order chi connectivity index (χ1) is 9.36. The van der Waals surface area contributed by atoms with Gasteiger partial charge in [-0.05, 0) is 49.8 Å². The van der Waals surface area contributed by atoms with Crippen LogP contribution in [0.15, 0.2) is 10.5 Å². The van der Waals surface area contributed by atoms with E-state index in [2.05, 4.69) is 9.73 Å². The molecule has 7 heteroatoms. The minimum atomic E-state index is -4.60. The van der Waals surface area contributed by atoms with Crippen LogP contribution in [-0.4, -0.2) is 19.0 Å². The largest absolute Gasteiger partial charge is 0.449 e. The number of rotatable bonds is 2. The summed E-state index contributed by atoms with van der Waals surface area (Å²) in [5.74, 6) is -1.57. The molecule has 3 rings (SSSR count). The first-order valence-corrected chi connectivity index (χ1v) is 6.57. The summed E-state index contributed by atoms with van der Waals surface area (Å²) in [5.41, 5.74) is 5.46. The van der Waals surface area contributed by atoms with E-state index >= 15 is 0 Å². The van der Waals surface area contributed by atoms with Crippen LogP contribution in [0.4, 0.5) is 13.2 Å². The number of fused-ring (bicyclic) bond motifs is 1. The van der Waals surface area contributed by atoms with Crippen molar-refractivity contribution in [2.45, 2.75) is 24.9 Å². The molecule has 1 aromatic heterocycles. The van der Waals surface area contributed by atoms with Crippen molar-refractivity contribution in [3.05, 3.63) is 23.2 Å². The summed E-state index contributed by atoms with van der Waals surface area (Å²) >= 11 is 0. The maximum absolute atomic E-state index is 12.7. The van der Waals surface area contributed by atoms with Crippen molar-refractivity contribution in [3.8, 4) is 0 Å². The molecule has 1 aliphatic carbocycles. The van der Waals surface area contributed by atoms with Crippen LogP contribution in [0.3, 0.4) is 0 Å². The number of amides is 1. The number of alkyl halides is 3. The van der Waals surface area contributed by atoms with Gasteiger partial charge in [0.15, 0.2) is 5.76 Å². The average Bonchev–Trinajstić information content (AvgIpc) is 3.00. The Morgan fingerprint density at radius 3 is 2.40 bits per heavy atom. The van der Waals surface area contributed by atoms with Crippen molar-refractivity contribution in [2.75, 3.05) is 13.1 Å². The average molecular weight is 288 g/mol. The molecule has 3 N–H and O–H groups in total. The smallest absolute Gasteiger partial charge is 0.446 e. The predicted molar refractivity (Wildman–Crippen MR) is 64.1 cm³/mol. The zero-order valence-electron chi connectivity index (χ0n) is 10.7. The number of hydrogen-bond donors (Lipinski definition) is 2. The van der Waals surface area contributed by atoms with Gasteiger partial charge in [-0.3, -0.25) is 4.79 Å². The van der Waals surface area contributed by atoms with Crippen molar-refractivity contribution in [1.82, 2.24) is 5.32 Å². The maximum Gasteiger partial charge on any atom is 0.449 e. The van der Waals surface area contributed by atoms with Gasteiger partial charge in [-0.1, -0.05) is 0 Å². The SMILES string of the molecule is NC(=O)c1oc(C(F)(F)F)cc1C1CC2CNCC2C1. The molecule has 0 radical (unpaired) electrons. The molecule has 20 heavy (non-hydrogen) atoms. The topological polar surface area (TPSA) is 68.3 Å². The fourth-order valence-corrected chi connectivity index (χ4v) is 3.46. The molecule has 1 saturated heterocycles. The number of carbonyl (C=O) groups excluding carboxylic acids is 1. The van der Waals surface area contributed by atoms with Crippen molar-refractivity contribution in [3.63, 3.8) is 0 Å². The second kappa shape index (κ2) is 4.51. The molecule has 2 heterocycles. The lowest BCUT2D eigenvalue weighted by Crippen LogP contribution is -2.15. The minimum absolute atomic E-state index is 0.0746. The van der Waals surface area contributed by atoms with Gasteiger partial charge in [0.2, 0.25) is 5.76 Å². The van der Waals surface area contributed by atoms with Gasteiger partial charge in [0.05, 0.1) is 0 Å².